The molecule has 5 heteroatoms. The summed E-state index contributed by atoms with van der Waals surface area (Å²) in [7, 11) is 0. The zero-order valence-electron chi connectivity index (χ0n) is 14.3. The molecule has 25 heavy (non-hydrogen) atoms. The van der Waals surface area contributed by atoms with E-state index in [0.717, 1.165) is 22.5 Å². The molecule has 0 aliphatic carbocycles. The van der Waals surface area contributed by atoms with Gasteiger partial charge in [0.25, 0.3) is 0 Å². The number of H-pyrrole nitrogens is 1. The molecule has 0 bridgehead atoms. The first-order chi connectivity index (χ1) is 11.8. The third-order valence-electron chi connectivity index (χ3n) is 4.30. The van der Waals surface area contributed by atoms with Gasteiger partial charge in [0.15, 0.2) is 0 Å². The fraction of sp³-hybridized carbons (Fsp3) is 0.250. The Kier molecular flexibility index (Phi) is 4.33. The van der Waals surface area contributed by atoms with E-state index in [1.807, 2.05) is 38.1 Å². The third kappa shape index (κ3) is 3.27. The first-order valence-corrected chi connectivity index (χ1v) is 8.08. The van der Waals surface area contributed by atoms with Crippen LogP contribution in [-0.2, 0) is 14.9 Å². The van der Waals surface area contributed by atoms with Gasteiger partial charge in [-0.05, 0) is 56.7 Å². The molecule has 130 valence electrons. The van der Waals surface area contributed by atoms with E-state index in [1.54, 1.807) is 6.92 Å². The Bertz CT molecular complexity index is 924. The molecule has 3 rings (SSSR count). The van der Waals surface area contributed by atoms with Crippen molar-refractivity contribution >= 4 is 16.9 Å². The molecule has 0 spiro atoms. The summed E-state index contributed by atoms with van der Waals surface area (Å²) in [6, 6.07) is 10.8. The van der Waals surface area contributed by atoms with Gasteiger partial charge in [-0.2, -0.15) is 0 Å². The summed E-state index contributed by atoms with van der Waals surface area (Å²) in [6.07, 6.45) is 0. The number of carbonyl (C=O) groups excluding carboxylic acids is 1. The highest BCUT2D eigenvalue weighted by molar-refractivity contribution is 5.89. The number of hydrogen-bond donors (Lipinski definition) is 1. The van der Waals surface area contributed by atoms with Gasteiger partial charge < -0.3 is 9.72 Å². The fourth-order valence-corrected chi connectivity index (χ4v) is 2.82. The highest BCUT2D eigenvalue weighted by Gasteiger charge is 2.31. The molecule has 3 aromatic rings. The molecular formula is C20H19F2NO2. The van der Waals surface area contributed by atoms with E-state index < -0.39 is 17.0 Å². The second-order valence-corrected chi connectivity index (χ2v) is 6.49. The number of rotatable bonds is 4. The first kappa shape index (κ1) is 17.1. The largest absolute Gasteiger partial charge is 0.465 e. The molecule has 0 saturated carbocycles. The summed E-state index contributed by atoms with van der Waals surface area (Å²) < 4.78 is 32.0. The zero-order chi connectivity index (χ0) is 18.2. The lowest BCUT2D eigenvalue weighted by Crippen LogP contribution is -2.31. The van der Waals surface area contributed by atoms with Crippen LogP contribution in [0.3, 0.4) is 0 Å². The highest BCUT2D eigenvalue weighted by atomic mass is 19.1. The van der Waals surface area contributed by atoms with Crippen LogP contribution in [0.1, 0.15) is 26.3 Å². The van der Waals surface area contributed by atoms with Gasteiger partial charge in [0.2, 0.25) is 0 Å². The van der Waals surface area contributed by atoms with E-state index in [4.69, 9.17) is 4.74 Å². The van der Waals surface area contributed by atoms with Crippen molar-refractivity contribution in [2.45, 2.75) is 26.2 Å². The number of hydrogen-bond acceptors (Lipinski definition) is 2. The molecule has 1 N–H and O–H groups in total. The van der Waals surface area contributed by atoms with E-state index in [-0.39, 0.29) is 5.97 Å². The van der Waals surface area contributed by atoms with Crippen molar-refractivity contribution in [2.75, 3.05) is 6.61 Å². The molecule has 0 aliphatic heterocycles. The van der Waals surface area contributed by atoms with Crippen LogP contribution in [0.2, 0.25) is 0 Å². The quantitative estimate of drug-likeness (QED) is 0.681. The highest BCUT2D eigenvalue weighted by Crippen LogP contribution is 2.31. The van der Waals surface area contributed by atoms with Crippen molar-refractivity contribution < 1.29 is 18.3 Å². The monoisotopic (exact) mass is 343 g/mol. The van der Waals surface area contributed by atoms with Gasteiger partial charge in [-0.3, -0.25) is 4.79 Å². The van der Waals surface area contributed by atoms with E-state index >= 15 is 0 Å². The number of aromatic nitrogens is 1. The van der Waals surface area contributed by atoms with Gasteiger partial charge in [0, 0.05) is 28.2 Å². The van der Waals surface area contributed by atoms with E-state index in [2.05, 4.69) is 4.98 Å². The zero-order valence-corrected chi connectivity index (χ0v) is 14.3. The molecular weight excluding hydrogens is 324 g/mol. The number of ether oxygens (including phenoxy) is 1. The van der Waals surface area contributed by atoms with Crippen LogP contribution in [0, 0.1) is 11.6 Å². The Morgan fingerprint density at radius 3 is 2.40 bits per heavy atom. The Hall–Kier alpha value is -2.69. The SMILES string of the molecule is CCOC(=O)C(C)(C)c1ccc2[nH]c(-c3cc(F)cc(F)c3)cc2c1. The summed E-state index contributed by atoms with van der Waals surface area (Å²) >= 11 is 0. The summed E-state index contributed by atoms with van der Waals surface area (Å²) in [5.74, 6) is -1.55. The van der Waals surface area contributed by atoms with Crippen LogP contribution < -0.4 is 0 Å². The van der Waals surface area contributed by atoms with E-state index in [0.29, 0.717) is 17.9 Å². The van der Waals surface area contributed by atoms with Crippen molar-refractivity contribution in [2.24, 2.45) is 0 Å². The second-order valence-electron chi connectivity index (χ2n) is 6.49. The average molecular weight is 343 g/mol. The Morgan fingerprint density at radius 1 is 1.08 bits per heavy atom. The molecule has 0 unspecified atom stereocenters. The summed E-state index contributed by atoms with van der Waals surface area (Å²) in [6.45, 7) is 5.71. The van der Waals surface area contributed by atoms with Gasteiger partial charge in [-0.1, -0.05) is 6.07 Å². The number of aromatic amines is 1. The van der Waals surface area contributed by atoms with Crippen LogP contribution in [0.15, 0.2) is 42.5 Å². The summed E-state index contributed by atoms with van der Waals surface area (Å²) in [5.41, 5.74) is 1.89. The Labute approximate surface area is 144 Å². The molecule has 0 aliphatic rings. The van der Waals surface area contributed by atoms with Crippen molar-refractivity contribution in [3.63, 3.8) is 0 Å². The van der Waals surface area contributed by atoms with Gasteiger partial charge in [-0.15, -0.1) is 0 Å². The van der Waals surface area contributed by atoms with E-state index in [9.17, 15) is 13.6 Å². The van der Waals surface area contributed by atoms with Gasteiger partial charge >= 0.3 is 5.97 Å². The van der Waals surface area contributed by atoms with Crippen molar-refractivity contribution in [1.29, 1.82) is 0 Å². The number of nitrogens with one attached hydrogen (secondary N) is 1. The van der Waals surface area contributed by atoms with Crippen LogP contribution in [0.25, 0.3) is 22.2 Å². The van der Waals surface area contributed by atoms with Crippen molar-refractivity contribution in [3.8, 4) is 11.3 Å². The number of benzene rings is 2. The molecule has 0 radical (unpaired) electrons. The maximum atomic E-state index is 13.4. The van der Waals surface area contributed by atoms with Crippen LogP contribution in [0.5, 0.6) is 0 Å². The number of esters is 1. The van der Waals surface area contributed by atoms with Crippen molar-refractivity contribution in [3.05, 3.63) is 59.7 Å². The maximum Gasteiger partial charge on any atom is 0.315 e. The molecule has 0 amide bonds. The van der Waals surface area contributed by atoms with Crippen molar-refractivity contribution in [1.82, 2.24) is 4.98 Å². The molecule has 0 fully saturated rings. The van der Waals surface area contributed by atoms with Gasteiger partial charge in [-0.25, -0.2) is 8.78 Å². The third-order valence-corrected chi connectivity index (χ3v) is 4.30. The Morgan fingerprint density at radius 2 is 1.76 bits per heavy atom. The average Bonchev–Trinajstić information content (AvgIpc) is 2.97. The fourth-order valence-electron chi connectivity index (χ4n) is 2.82. The number of halogens is 2. The van der Waals surface area contributed by atoms with Crippen LogP contribution >= 0.6 is 0 Å². The minimum Gasteiger partial charge on any atom is -0.465 e. The molecule has 3 nitrogen and oxygen atoms in total. The maximum absolute atomic E-state index is 13.4. The molecule has 1 heterocycles. The van der Waals surface area contributed by atoms with Crippen LogP contribution in [-0.4, -0.2) is 17.6 Å². The lowest BCUT2D eigenvalue weighted by Gasteiger charge is -2.22. The normalized spacial score (nSPS) is 11.7. The predicted molar refractivity (Wildman–Crippen MR) is 93.3 cm³/mol. The minimum atomic E-state index is -0.785. The molecule has 1 aromatic heterocycles. The number of carbonyl (C=O) groups is 1. The molecule has 0 atom stereocenters. The minimum absolute atomic E-state index is 0.294. The predicted octanol–water partition coefficient (Wildman–Crippen LogP) is 4.95. The second kappa shape index (κ2) is 6.31. The number of fused-ring (bicyclic) bond motifs is 1. The lowest BCUT2D eigenvalue weighted by molar-refractivity contribution is -0.148. The van der Waals surface area contributed by atoms with Gasteiger partial charge in [0.1, 0.15) is 11.6 Å². The Balaban J connectivity index is 2.03. The molecule has 0 saturated heterocycles. The van der Waals surface area contributed by atoms with Crippen LogP contribution in [0.4, 0.5) is 8.78 Å². The lowest BCUT2D eigenvalue weighted by atomic mass is 9.84. The summed E-state index contributed by atoms with van der Waals surface area (Å²) in [4.78, 5) is 15.3. The topological polar surface area (TPSA) is 42.1 Å². The van der Waals surface area contributed by atoms with E-state index in [1.165, 1.54) is 12.1 Å². The van der Waals surface area contributed by atoms with Gasteiger partial charge in [0.05, 0.1) is 12.0 Å². The summed E-state index contributed by atoms with van der Waals surface area (Å²) in [5, 5.41) is 0.856. The molecule has 2 aromatic carbocycles. The first-order valence-electron chi connectivity index (χ1n) is 8.08. The smallest absolute Gasteiger partial charge is 0.315 e. The standard InChI is InChI=1S/C20H19F2NO2/c1-4-25-19(24)20(2,3)14-5-6-17-12(7-14)10-18(23-17)13-8-15(21)11-16(22)9-13/h5-11,23H,4H2,1-3H3.